The topological polar surface area (TPSA) is 9.23 Å². The molecule has 0 bridgehead atoms. The number of thiol groups is 1. The van der Waals surface area contributed by atoms with Crippen LogP contribution in [0.5, 0.6) is 0 Å². The summed E-state index contributed by atoms with van der Waals surface area (Å²) in [7, 11) is 0. The molecule has 0 radical (unpaired) electrons. The van der Waals surface area contributed by atoms with Crippen LogP contribution < -0.4 is 0 Å². The van der Waals surface area contributed by atoms with E-state index in [-0.39, 0.29) is 5.41 Å². The van der Waals surface area contributed by atoms with Crippen molar-refractivity contribution in [2.45, 2.75) is 34.1 Å². The Morgan fingerprint density at radius 3 is 2.36 bits per heavy atom. The van der Waals surface area contributed by atoms with E-state index in [2.05, 4.69) is 40.0 Å². The molecule has 1 atom stereocenters. The lowest BCUT2D eigenvalue weighted by Crippen LogP contribution is -2.27. The van der Waals surface area contributed by atoms with Gasteiger partial charge in [0.15, 0.2) is 0 Å². The van der Waals surface area contributed by atoms with Crippen LogP contribution in [-0.2, 0) is 4.74 Å². The molecule has 84 valence electrons. The van der Waals surface area contributed by atoms with Gasteiger partial charge in [-0.05, 0) is 30.4 Å². The van der Waals surface area contributed by atoms with Crippen molar-refractivity contribution in [2.24, 2.45) is 11.3 Å². The Morgan fingerprint density at radius 2 is 2.00 bits per heavy atom. The molecule has 0 aromatic heterocycles. The monoisotopic (exact) mass is 216 g/mol. The summed E-state index contributed by atoms with van der Waals surface area (Å²) in [5, 5.41) is 0. The number of hydrogen-bond acceptors (Lipinski definition) is 2. The van der Waals surface area contributed by atoms with Gasteiger partial charge in [0.2, 0.25) is 0 Å². The zero-order valence-corrected chi connectivity index (χ0v) is 10.9. The van der Waals surface area contributed by atoms with Crippen molar-refractivity contribution in [3.63, 3.8) is 0 Å². The van der Waals surface area contributed by atoms with Crippen LogP contribution in [-0.4, -0.2) is 19.0 Å². The van der Waals surface area contributed by atoms with Crippen molar-refractivity contribution < 1.29 is 4.74 Å². The molecular weight excluding hydrogens is 192 g/mol. The maximum absolute atomic E-state index is 5.61. The molecule has 0 saturated heterocycles. The summed E-state index contributed by atoms with van der Waals surface area (Å²) in [6.45, 7) is 14.2. The molecular formula is C12H24OS. The molecule has 0 saturated carbocycles. The molecule has 0 aromatic carbocycles. The van der Waals surface area contributed by atoms with E-state index in [1.165, 1.54) is 5.57 Å². The number of ether oxygens (including phenoxy) is 1. The van der Waals surface area contributed by atoms with Crippen molar-refractivity contribution in [1.82, 2.24) is 0 Å². The van der Waals surface area contributed by atoms with Gasteiger partial charge in [-0.2, -0.15) is 12.6 Å². The fourth-order valence-electron chi connectivity index (χ4n) is 1.05. The van der Waals surface area contributed by atoms with Crippen LogP contribution in [0.25, 0.3) is 0 Å². The van der Waals surface area contributed by atoms with E-state index in [4.69, 9.17) is 4.74 Å². The van der Waals surface area contributed by atoms with Gasteiger partial charge < -0.3 is 4.74 Å². The molecule has 0 rings (SSSR count). The van der Waals surface area contributed by atoms with Gasteiger partial charge in [0.1, 0.15) is 0 Å². The zero-order chi connectivity index (χ0) is 11.2. The SMILES string of the molecule is C=C(C)CCOCC(CS)C(C)(C)C. The van der Waals surface area contributed by atoms with Gasteiger partial charge in [-0.15, -0.1) is 6.58 Å². The van der Waals surface area contributed by atoms with Crippen molar-refractivity contribution in [1.29, 1.82) is 0 Å². The van der Waals surface area contributed by atoms with Crippen molar-refractivity contribution in [2.75, 3.05) is 19.0 Å². The quantitative estimate of drug-likeness (QED) is 0.406. The Labute approximate surface area is 94.3 Å². The Bertz CT molecular complexity index is 170. The average Bonchev–Trinajstić information content (AvgIpc) is 2.01. The Morgan fingerprint density at radius 1 is 1.43 bits per heavy atom. The van der Waals surface area contributed by atoms with Crippen molar-refractivity contribution >= 4 is 12.6 Å². The summed E-state index contributed by atoms with van der Waals surface area (Å²) >= 11 is 4.35. The largest absolute Gasteiger partial charge is 0.381 e. The third-order valence-corrected chi connectivity index (χ3v) is 2.88. The van der Waals surface area contributed by atoms with E-state index in [9.17, 15) is 0 Å². The molecule has 0 amide bonds. The Hall–Kier alpha value is 0.0500. The predicted octanol–water partition coefficient (Wildman–Crippen LogP) is 3.56. The second-order valence-electron chi connectivity index (χ2n) is 5.03. The lowest BCUT2D eigenvalue weighted by Gasteiger charge is -2.29. The van der Waals surface area contributed by atoms with E-state index in [1.54, 1.807) is 0 Å². The summed E-state index contributed by atoms with van der Waals surface area (Å²) in [5.74, 6) is 1.41. The summed E-state index contributed by atoms with van der Waals surface area (Å²) < 4.78 is 5.61. The highest BCUT2D eigenvalue weighted by Crippen LogP contribution is 2.27. The van der Waals surface area contributed by atoms with Crippen molar-refractivity contribution in [3.8, 4) is 0 Å². The fraction of sp³-hybridized carbons (Fsp3) is 0.833. The summed E-state index contributed by atoms with van der Waals surface area (Å²) in [5.41, 5.74) is 1.47. The maximum atomic E-state index is 5.61. The van der Waals surface area contributed by atoms with E-state index < -0.39 is 0 Å². The summed E-state index contributed by atoms with van der Waals surface area (Å²) in [4.78, 5) is 0. The number of hydrogen-bond donors (Lipinski definition) is 1. The molecule has 0 N–H and O–H groups in total. The van der Waals surface area contributed by atoms with Gasteiger partial charge in [-0.25, -0.2) is 0 Å². The third kappa shape index (κ3) is 6.50. The first-order valence-electron chi connectivity index (χ1n) is 5.21. The maximum Gasteiger partial charge on any atom is 0.0507 e. The molecule has 0 heterocycles. The Kier molecular flexibility index (Phi) is 6.54. The highest BCUT2D eigenvalue weighted by Gasteiger charge is 2.23. The zero-order valence-electron chi connectivity index (χ0n) is 9.97. The van der Waals surface area contributed by atoms with Crippen molar-refractivity contribution in [3.05, 3.63) is 12.2 Å². The first kappa shape index (κ1) is 14.1. The molecule has 0 fully saturated rings. The molecule has 0 spiro atoms. The molecule has 0 aliphatic carbocycles. The van der Waals surface area contributed by atoms with Crippen LogP contribution in [0.4, 0.5) is 0 Å². The number of rotatable bonds is 6. The minimum absolute atomic E-state index is 0.283. The second kappa shape index (κ2) is 6.52. The van der Waals surface area contributed by atoms with Gasteiger partial charge in [0.05, 0.1) is 13.2 Å². The lowest BCUT2D eigenvalue weighted by atomic mass is 9.82. The van der Waals surface area contributed by atoms with Crippen LogP contribution in [0.2, 0.25) is 0 Å². The van der Waals surface area contributed by atoms with E-state index in [0.717, 1.165) is 25.4 Å². The standard InChI is InChI=1S/C12H24OS/c1-10(2)6-7-13-8-11(9-14)12(3,4)5/h11,14H,1,6-9H2,2-5H3. The average molecular weight is 216 g/mol. The molecule has 1 nitrogen and oxygen atoms in total. The lowest BCUT2D eigenvalue weighted by molar-refractivity contribution is 0.0682. The predicted molar refractivity (Wildman–Crippen MR) is 67.0 cm³/mol. The van der Waals surface area contributed by atoms with Crippen LogP contribution >= 0.6 is 12.6 Å². The van der Waals surface area contributed by atoms with Crippen LogP contribution in [0.1, 0.15) is 34.1 Å². The van der Waals surface area contributed by atoms with Crippen LogP contribution in [0.15, 0.2) is 12.2 Å². The van der Waals surface area contributed by atoms with Gasteiger partial charge in [0, 0.05) is 0 Å². The molecule has 1 unspecified atom stereocenters. The van der Waals surface area contributed by atoms with E-state index in [1.807, 2.05) is 6.92 Å². The molecule has 2 heteroatoms. The van der Waals surface area contributed by atoms with Gasteiger partial charge >= 0.3 is 0 Å². The van der Waals surface area contributed by atoms with Gasteiger partial charge in [-0.3, -0.25) is 0 Å². The van der Waals surface area contributed by atoms with Gasteiger partial charge in [0.25, 0.3) is 0 Å². The minimum atomic E-state index is 0.283. The van der Waals surface area contributed by atoms with Crippen LogP contribution in [0, 0.1) is 11.3 Å². The molecule has 0 aliphatic rings. The highest BCUT2D eigenvalue weighted by atomic mass is 32.1. The van der Waals surface area contributed by atoms with E-state index in [0.29, 0.717) is 5.92 Å². The first-order chi connectivity index (χ1) is 6.38. The molecule has 14 heavy (non-hydrogen) atoms. The first-order valence-corrected chi connectivity index (χ1v) is 5.84. The summed E-state index contributed by atoms with van der Waals surface area (Å²) in [6.07, 6.45) is 0.962. The van der Waals surface area contributed by atoms with Crippen LogP contribution in [0.3, 0.4) is 0 Å². The van der Waals surface area contributed by atoms with E-state index >= 15 is 0 Å². The summed E-state index contributed by atoms with van der Waals surface area (Å²) in [6, 6.07) is 0. The normalized spacial score (nSPS) is 14.1. The Balaban J connectivity index is 3.69. The minimum Gasteiger partial charge on any atom is -0.381 e. The second-order valence-corrected chi connectivity index (χ2v) is 5.39. The fourth-order valence-corrected chi connectivity index (χ4v) is 1.70. The smallest absolute Gasteiger partial charge is 0.0507 e. The third-order valence-electron chi connectivity index (χ3n) is 2.44. The highest BCUT2D eigenvalue weighted by molar-refractivity contribution is 7.80. The van der Waals surface area contributed by atoms with Gasteiger partial charge in [-0.1, -0.05) is 26.3 Å². The molecule has 0 aromatic rings. The molecule has 0 aliphatic heterocycles.